The number of nitrogens with zero attached hydrogens (tertiary/aromatic N) is 2. The summed E-state index contributed by atoms with van der Waals surface area (Å²) in [4.78, 5) is 0. The Morgan fingerprint density at radius 2 is 2.29 bits per heavy atom. The zero-order valence-corrected chi connectivity index (χ0v) is 10.7. The standard InChI is InChI=1S/C14H21N3/c1-3-13-14(9-17(2)16-13)15-8-12-7-10-4-5-11(12)6-10/h4-5,9-12,15H,3,6-8H2,1-2H3. The van der Waals surface area contributed by atoms with Crippen molar-refractivity contribution in [3.63, 3.8) is 0 Å². The van der Waals surface area contributed by atoms with Gasteiger partial charge in [0.15, 0.2) is 0 Å². The molecule has 1 heterocycles. The Bertz CT molecular complexity index is 433. The van der Waals surface area contributed by atoms with Gasteiger partial charge in [-0.05, 0) is 37.0 Å². The third-order valence-electron chi connectivity index (χ3n) is 4.21. The van der Waals surface area contributed by atoms with Crippen LogP contribution >= 0.6 is 0 Å². The zero-order valence-electron chi connectivity index (χ0n) is 10.7. The summed E-state index contributed by atoms with van der Waals surface area (Å²) in [6, 6.07) is 0. The highest BCUT2D eigenvalue weighted by Crippen LogP contribution is 2.43. The first-order valence-electron chi connectivity index (χ1n) is 6.71. The number of hydrogen-bond donors (Lipinski definition) is 1. The maximum atomic E-state index is 4.46. The molecule has 3 unspecified atom stereocenters. The number of aryl methyl sites for hydroxylation is 2. The molecule has 2 aliphatic carbocycles. The Labute approximate surface area is 103 Å². The van der Waals surface area contributed by atoms with Crippen molar-refractivity contribution in [2.45, 2.75) is 26.2 Å². The second-order valence-corrected chi connectivity index (χ2v) is 5.44. The lowest BCUT2D eigenvalue weighted by molar-refractivity contribution is 0.472. The molecule has 0 saturated heterocycles. The first-order valence-corrected chi connectivity index (χ1v) is 6.71. The van der Waals surface area contributed by atoms with Gasteiger partial charge < -0.3 is 5.32 Å². The van der Waals surface area contributed by atoms with Crippen LogP contribution in [0.4, 0.5) is 5.69 Å². The van der Waals surface area contributed by atoms with Crippen LogP contribution in [0.1, 0.15) is 25.5 Å². The Hall–Kier alpha value is -1.25. The van der Waals surface area contributed by atoms with Gasteiger partial charge in [-0.25, -0.2) is 0 Å². The quantitative estimate of drug-likeness (QED) is 0.807. The molecule has 3 nitrogen and oxygen atoms in total. The summed E-state index contributed by atoms with van der Waals surface area (Å²) in [7, 11) is 1.99. The smallest absolute Gasteiger partial charge is 0.0853 e. The van der Waals surface area contributed by atoms with Gasteiger partial charge in [0, 0.05) is 19.8 Å². The lowest BCUT2D eigenvalue weighted by atomic mass is 9.93. The van der Waals surface area contributed by atoms with E-state index in [4.69, 9.17) is 0 Å². The van der Waals surface area contributed by atoms with E-state index in [1.165, 1.54) is 24.2 Å². The maximum Gasteiger partial charge on any atom is 0.0853 e. The molecule has 2 aliphatic rings. The van der Waals surface area contributed by atoms with Gasteiger partial charge in [-0.3, -0.25) is 4.68 Å². The molecular weight excluding hydrogens is 210 g/mol. The van der Waals surface area contributed by atoms with Crippen molar-refractivity contribution in [3.8, 4) is 0 Å². The number of nitrogens with one attached hydrogen (secondary N) is 1. The number of allylic oxidation sites excluding steroid dienone is 2. The number of hydrogen-bond acceptors (Lipinski definition) is 2. The largest absolute Gasteiger partial charge is 0.382 e. The minimum Gasteiger partial charge on any atom is -0.382 e. The number of rotatable bonds is 4. The summed E-state index contributed by atoms with van der Waals surface area (Å²) in [5, 5.41) is 8.06. The van der Waals surface area contributed by atoms with E-state index in [-0.39, 0.29) is 0 Å². The fourth-order valence-electron chi connectivity index (χ4n) is 3.31. The van der Waals surface area contributed by atoms with Gasteiger partial charge >= 0.3 is 0 Å². The highest BCUT2D eigenvalue weighted by atomic mass is 15.3. The van der Waals surface area contributed by atoms with Crippen molar-refractivity contribution < 1.29 is 0 Å². The molecule has 0 spiro atoms. The maximum absolute atomic E-state index is 4.46. The summed E-state index contributed by atoms with van der Waals surface area (Å²) in [5.74, 6) is 2.52. The molecule has 1 aromatic heterocycles. The van der Waals surface area contributed by atoms with Crippen LogP contribution < -0.4 is 5.32 Å². The molecule has 17 heavy (non-hydrogen) atoms. The second kappa shape index (κ2) is 4.21. The minimum atomic E-state index is 0.828. The van der Waals surface area contributed by atoms with Gasteiger partial charge in [-0.2, -0.15) is 5.10 Å². The highest BCUT2D eigenvalue weighted by molar-refractivity contribution is 5.46. The second-order valence-electron chi connectivity index (χ2n) is 5.44. The monoisotopic (exact) mass is 231 g/mol. The van der Waals surface area contributed by atoms with E-state index in [9.17, 15) is 0 Å². The van der Waals surface area contributed by atoms with Crippen molar-refractivity contribution in [1.82, 2.24) is 9.78 Å². The fraction of sp³-hybridized carbons (Fsp3) is 0.643. The molecule has 0 aromatic carbocycles. The lowest BCUT2D eigenvalue weighted by Crippen LogP contribution is -2.18. The SMILES string of the molecule is CCc1nn(C)cc1NCC1CC2C=CC1C2. The Balaban J connectivity index is 1.62. The molecule has 1 aromatic rings. The molecule has 0 radical (unpaired) electrons. The number of anilines is 1. The molecule has 1 saturated carbocycles. The molecule has 0 amide bonds. The Morgan fingerprint density at radius 3 is 2.94 bits per heavy atom. The van der Waals surface area contributed by atoms with Crippen LogP contribution in [0.3, 0.4) is 0 Å². The first kappa shape index (κ1) is 10.9. The van der Waals surface area contributed by atoms with Crippen LogP contribution in [0.25, 0.3) is 0 Å². The summed E-state index contributed by atoms with van der Waals surface area (Å²) in [6.45, 7) is 3.26. The third kappa shape index (κ3) is 1.99. The molecule has 1 fully saturated rings. The van der Waals surface area contributed by atoms with Gasteiger partial charge in [0.25, 0.3) is 0 Å². The van der Waals surface area contributed by atoms with Gasteiger partial charge in [0.2, 0.25) is 0 Å². The highest BCUT2D eigenvalue weighted by Gasteiger charge is 2.35. The summed E-state index contributed by atoms with van der Waals surface area (Å²) >= 11 is 0. The minimum absolute atomic E-state index is 0.828. The van der Waals surface area contributed by atoms with Crippen molar-refractivity contribution >= 4 is 5.69 Å². The summed E-state index contributed by atoms with van der Waals surface area (Å²) in [6.07, 6.45) is 10.7. The van der Waals surface area contributed by atoms with E-state index in [1.54, 1.807) is 0 Å². The predicted molar refractivity (Wildman–Crippen MR) is 69.9 cm³/mol. The summed E-state index contributed by atoms with van der Waals surface area (Å²) < 4.78 is 1.90. The van der Waals surface area contributed by atoms with Crippen molar-refractivity contribution in [3.05, 3.63) is 24.0 Å². The van der Waals surface area contributed by atoms with Crippen molar-refractivity contribution in [2.24, 2.45) is 24.8 Å². The fourth-order valence-corrected chi connectivity index (χ4v) is 3.31. The van der Waals surface area contributed by atoms with Crippen molar-refractivity contribution in [2.75, 3.05) is 11.9 Å². The topological polar surface area (TPSA) is 29.9 Å². The molecule has 3 rings (SSSR count). The van der Waals surface area contributed by atoms with Gasteiger partial charge in [-0.15, -0.1) is 0 Å². The molecule has 0 aliphatic heterocycles. The van der Waals surface area contributed by atoms with E-state index in [0.29, 0.717) is 0 Å². The molecule has 3 heteroatoms. The van der Waals surface area contributed by atoms with Crippen LogP contribution in [0, 0.1) is 17.8 Å². The first-order chi connectivity index (χ1) is 8.26. The van der Waals surface area contributed by atoms with E-state index in [0.717, 1.165) is 30.7 Å². The average Bonchev–Trinajstić information content (AvgIpc) is 3.00. The predicted octanol–water partition coefficient (Wildman–Crippen LogP) is 2.61. The normalized spacial score (nSPS) is 30.1. The van der Waals surface area contributed by atoms with Crippen LogP contribution in [0.15, 0.2) is 18.3 Å². The van der Waals surface area contributed by atoms with Crippen LogP contribution in [0.5, 0.6) is 0 Å². The van der Waals surface area contributed by atoms with E-state index in [2.05, 4.69) is 35.7 Å². The van der Waals surface area contributed by atoms with Crippen LogP contribution in [-0.2, 0) is 13.5 Å². The van der Waals surface area contributed by atoms with Gasteiger partial charge in [0.1, 0.15) is 0 Å². The van der Waals surface area contributed by atoms with E-state index < -0.39 is 0 Å². The molecule has 2 bridgehead atoms. The van der Waals surface area contributed by atoms with Crippen molar-refractivity contribution in [1.29, 1.82) is 0 Å². The Kier molecular flexibility index (Phi) is 2.69. The number of fused-ring (bicyclic) bond motifs is 2. The molecular formula is C14H21N3. The Morgan fingerprint density at radius 1 is 1.41 bits per heavy atom. The third-order valence-corrected chi connectivity index (χ3v) is 4.21. The van der Waals surface area contributed by atoms with Crippen LogP contribution in [0.2, 0.25) is 0 Å². The molecule has 92 valence electrons. The van der Waals surface area contributed by atoms with E-state index in [1.807, 2.05) is 11.7 Å². The van der Waals surface area contributed by atoms with E-state index >= 15 is 0 Å². The number of aromatic nitrogens is 2. The van der Waals surface area contributed by atoms with Gasteiger partial charge in [0.05, 0.1) is 11.4 Å². The average molecular weight is 231 g/mol. The summed E-state index contributed by atoms with van der Waals surface area (Å²) in [5.41, 5.74) is 2.41. The zero-order chi connectivity index (χ0) is 11.8. The molecule has 1 N–H and O–H groups in total. The van der Waals surface area contributed by atoms with Crippen LogP contribution in [-0.4, -0.2) is 16.3 Å². The molecule has 3 atom stereocenters. The van der Waals surface area contributed by atoms with Gasteiger partial charge in [-0.1, -0.05) is 19.1 Å². The lowest BCUT2D eigenvalue weighted by Gasteiger charge is -2.18.